The van der Waals surface area contributed by atoms with Gasteiger partial charge in [-0.2, -0.15) is 0 Å². The normalized spacial score (nSPS) is 13.0. The monoisotopic (exact) mass is 345 g/mol. The molecular weight excluding hydrogens is 334 g/mol. The molecule has 0 aliphatic carbocycles. The highest BCUT2D eigenvalue weighted by atomic mass is 35.5. The summed E-state index contributed by atoms with van der Waals surface area (Å²) in [5.74, 6) is -1.15. The maximum absolute atomic E-state index is 12.2. The molecule has 0 amide bonds. The van der Waals surface area contributed by atoms with Gasteiger partial charge in [0.15, 0.2) is 0 Å². The van der Waals surface area contributed by atoms with Crippen molar-refractivity contribution < 1.29 is 18.3 Å². The maximum Gasteiger partial charge on any atom is 0.345 e. The fourth-order valence-corrected chi connectivity index (χ4v) is 4.44. The van der Waals surface area contributed by atoms with E-state index in [-0.39, 0.29) is 9.09 Å². The van der Waals surface area contributed by atoms with Crippen molar-refractivity contribution in [3.8, 4) is 0 Å². The molecule has 1 aromatic heterocycles. The van der Waals surface area contributed by atoms with Crippen LogP contribution in [-0.4, -0.2) is 19.5 Å². The van der Waals surface area contributed by atoms with Crippen molar-refractivity contribution in [3.05, 3.63) is 51.9 Å². The van der Waals surface area contributed by atoms with Crippen molar-refractivity contribution in [2.75, 3.05) is 0 Å². The number of aromatic carboxylic acids is 1. The van der Waals surface area contributed by atoms with Crippen molar-refractivity contribution >= 4 is 38.9 Å². The Bertz CT molecular complexity index is 770. The van der Waals surface area contributed by atoms with Gasteiger partial charge in [-0.15, -0.1) is 11.3 Å². The van der Waals surface area contributed by atoms with Crippen LogP contribution in [0.2, 0.25) is 5.02 Å². The average Bonchev–Trinajstić information content (AvgIpc) is 2.89. The van der Waals surface area contributed by atoms with E-state index in [0.717, 1.165) is 0 Å². The molecule has 0 aliphatic rings. The molecule has 0 aliphatic heterocycles. The van der Waals surface area contributed by atoms with E-state index < -0.39 is 22.0 Å². The number of hydrogen-bond donors (Lipinski definition) is 2. The highest BCUT2D eigenvalue weighted by molar-refractivity contribution is 7.91. The standard InChI is InChI=1S/C13H12ClNO4S2/c1-8(9-4-2-3-5-10(9)14)15-21(18,19)12-7-6-11(20-12)13(16)17/h2-8,15H,1H3,(H,16,17)/t8-/m0/s1. The maximum atomic E-state index is 12.2. The molecule has 0 saturated heterocycles. The van der Waals surface area contributed by atoms with E-state index in [0.29, 0.717) is 21.9 Å². The summed E-state index contributed by atoms with van der Waals surface area (Å²) < 4.78 is 26.9. The summed E-state index contributed by atoms with van der Waals surface area (Å²) in [6.45, 7) is 1.67. The van der Waals surface area contributed by atoms with E-state index in [9.17, 15) is 13.2 Å². The molecule has 0 saturated carbocycles. The largest absolute Gasteiger partial charge is 0.477 e. The number of thiophene rings is 1. The number of carbonyl (C=O) groups is 1. The van der Waals surface area contributed by atoms with E-state index in [2.05, 4.69) is 4.72 Å². The van der Waals surface area contributed by atoms with Gasteiger partial charge < -0.3 is 5.11 Å². The molecular formula is C13H12ClNO4S2. The quantitative estimate of drug-likeness (QED) is 0.872. The van der Waals surface area contributed by atoms with Crippen LogP contribution in [0.4, 0.5) is 0 Å². The van der Waals surface area contributed by atoms with E-state index in [1.54, 1.807) is 31.2 Å². The number of halogens is 1. The average molecular weight is 346 g/mol. The summed E-state index contributed by atoms with van der Waals surface area (Å²) in [5.41, 5.74) is 0.651. The van der Waals surface area contributed by atoms with E-state index in [1.165, 1.54) is 12.1 Å². The second-order valence-corrected chi connectivity index (χ2v) is 7.72. The second-order valence-electron chi connectivity index (χ2n) is 4.29. The first kappa shape index (κ1) is 16.0. The minimum atomic E-state index is -3.79. The predicted octanol–water partition coefficient (Wildman–Crippen LogP) is 3.14. The van der Waals surface area contributed by atoms with Gasteiger partial charge in [0.1, 0.15) is 9.09 Å². The van der Waals surface area contributed by atoms with Gasteiger partial charge in [0.25, 0.3) is 10.0 Å². The zero-order valence-electron chi connectivity index (χ0n) is 10.9. The van der Waals surface area contributed by atoms with Crippen LogP contribution in [0.25, 0.3) is 0 Å². The molecule has 1 heterocycles. The fourth-order valence-electron chi connectivity index (χ4n) is 1.76. The molecule has 0 unspecified atom stereocenters. The summed E-state index contributed by atoms with van der Waals surface area (Å²) in [5, 5.41) is 9.30. The van der Waals surface area contributed by atoms with Gasteiger partial charge in [-0.1, -0.05) is 29.8 Å². The van der Waals surface area contributed by atoms with E-state index >= 15 is 0 Å². The van der Waals surface area contributed by atoms with Gasteiger partial charge in [0.05, 0.1) is 0 Å². The van der Waals surface area contributed by atoms with Gasteiger partial charge in [-0.05, 0) is 30.7 Å². The smallest absolute Gasteiger partial charge is 0.345 e. The van der Waals surface area contributed by atoms with Crippen molar-refractivity contribution in [2.45, 2.75) is 17.2 Å². The number of hydrogen-bond acceptors (Lipinski definition) is 4. The molecule has 0 spiro atoms. The minimum Gasteiger partial charge on any atom is -0.477 e. The number of benzene rings is 1. The Morgan fingerprint density at radius 2 is 1.95 bits per heavy atom. The first-order valence-electron chi connectivity index (χ1n) is 5.91. The van der Waals surface area contributed by atoms with Crippen LogP contribution in [0.3, 0.4) is 0 Å². The number of rotatable bonds is 5. The van der Waals surface area contributed by atoms with Crippen LogP contribution in [-0.2, 0) is 10.0 Å². The predicted molar refractivity (Wildman–Crippen MR) is 81.5 cm³/mol. The first-order valence-corrected chi connectivity index (χ1v) is 8.59. The lowest BCUT2D eigenvalue weighted by Crippen LogP contribution is -2.26. The lowest BCUT2D eigenvalue weighted by Gasteiger charge is -2.15. The highest BCUT2D eigenvalue weighted by Gasteiger charge is 2.22. The van der Waals surface area contributed by atoms with Gasteiger partial charge in [-0.25, -0.2) is 17.9 Å². The Morgan fingerprint density at radius 1 is 1.29 bits per heavy atom. The molecule has 2 N–H and O–H groups in total. The van der Waals surface area contributed by atoms with E-state index in [4.69, 9.17) is 16.7 Å². The lowest BCUT2D eigenvalue weighted by atomic mass is 10.1. The number of nitrogens with one attached hydrogen (secondary N) is 1. The Labute approximate surface area is 131 Å². The molecule has 21 heavy (non-hydrogen) atoms. The van der Waals surface area contributed by atoms with Crippen LogP contribution in [0, 0.1) is 0 Å². The molecule has 1 atom stereocenters. The van der Waals surface area contributed by atoms with Crippen LogP contribution in [0.1, 0.15) is 28.2 Å². The van der Waals surface area contributed by atoms with Crippen molar-refractivity contribution in [1.29, 1.82) is 0 Å². The van der Waals surface area contributed by atoms with Crippen molar-refractivity contribution in [3.63, 3.8) is 0 Å². The van der Waals surface area contributed by atoms with Crippen LogP contribution < -0.4 is 4.72 Å². The zero-order chi connectivity index (χ0) is 15.6. The molecule has 2 aromatic rings. The minimum absolute atomic E-state index is 0.0271. The van der Waals surface area contributed by atoms with Crippen molar-refractivity contribution in [2.24, 2.45) is 0 Å². The van der Waals surface area contributed by atoms with Gasteiger partial charge >= 0.3 is 5.97 Å². The summed E-state index contributed by atoms with van der Waals surface area (Å²) in [6, 6.07) is 8.93. The van der Waals surface area contributed by atoms with Crippen LogP contribution >= 0.6 is 22.9 Å². The van der Waals surface area contributed by atoms with E-state index in [1.807, 2.05) is 0 Å². The Hall–Kier alpha value is -1.41. The number of carboxylic acid groups (broad SMARTS) is 1. The summed E-state index contributed by atoms with van der Waals surface area (Å²) in [7, 11) is -3.79. The van der Waals surface area contributed by atoms with Crippen LogP contribution in [0.5, 0.6) is 0 Å². The molecule has 2 rings (SSSR count). The third-order valence-electron chi connectivity index (χ3n) is 2.76. The summed E-state index contributed by atoms with van der Waals surface area (Å²) in [6.07, 6.45) is 0. The summed E-state index contributed by atoms with van der Waals surface area (Å²) in [4.78, 5) is 10.8. The fraction of sp³-hybridized carbons (Fsp3) is 0.154. The van der Waals surface area contributed by atoms with Gasteiger partial charge in [0, 0.05) is 11.1 Å². The SMILES string of the molecule is C[C@H](NS(=O)(=O)c1ccc(C(=O)O)s1)c1ccccc1Cl. The first-order chi connectivity index (χ1) is 9.81. The molecule has 8 heteroatoms. The Morgan fingerprint density at radius 3 is 2.52 bits per heavy atom. The molecule has 0 bridgehead atoms. The van der Waals surface area contributed by atoms with Gasteiger partial charge in [-0.3, -0.25) is 0 Å². The van der Waals surface area contributed by atoms with Crippen molar-refractivity contribution in [1.82, 2.24) is 4.72 Å². The topological polar surface area (TPSA) is 83.5 Å². The number of carboxylic acids is 1. The Balaban J connectivity index is 2.24. The third kappa shape index (κ3) is 3.62. The lowest BCUT2D eigenvalue weighted by molar-refractivity contribution is 0.0702. The zero-order valence-corrected chi connectivity index (χ0v) is 13.3. The molecule has 1 aromatic carbocycles. The molecule has 112 valence electrons. The second kappa shape index (κ2) is 6.15. The molecule has 0 radical (unpaired) electrons. The Kier molecular flexibility index (Phi) is 4.67. The summed E-state index contributed by atoms with van der Waals surface area (Å²) >= 11 is 6.74. The molecule has 0 fully saturated rings. The van der Waals surface area contributed by atoms with Crippen LogP contribution in [0.15, 0.2) is 40.6 Å². The highest BCUT2D eigenvalue weighted by Crippen LogP contribution is 2.26. The third-order valence-corrected chi connectivity index (χ3v) is 6.21. The van der Waals surface area contributed by atoms with Gasteiger partial charge in [0.2, 0.25) is 0 Å². The number of sulfonamides is 1. The molecule has 5 nitrogen and oxygen atoms in total.